The molecule has 36 nitrogen and oxygen atoms in total. The Balaban J connectivity index is 0.845. The maximum absolute atomic E-state index is 16.3. The maximum Gasteiger partial charge on any atom is 0.350 e. The Morgan fingerprint density at radius 1 is 0.607 bits per heavy atom. The number of phenolic OH excluding ortho intramolecular Hbond substituents is 1. The fourth-order valence-electron chi connectivity index (χ4n) is 18.2. The first-order valence-corrected chi connectivity index (χ1v) is 45.6. The molecular formula is C97H115N9O27S2. The number of carboxylic acid groups (broad SMARTS) is 1. The summed E-state index contributed by atoms with van der Waals surface area (Å²) in [4.78, 5) is 205. The summed E-state index contributed by atoms with van der Waals surface area (Å²) < 4.78 is 43.6. The van der Waals surface area contributed by atoms with Crippen molar-refractivity contribution in [2.24, 2.45) is 22.5 Å². The van der Waals surface area contributed by atoms with Gasteiger partial charge < -0.3 is 112 Å². The van der Waals surface area contributed by atoms with Gasteiger partial charge in [-0.3, -0.25) is 57.5 Å². The van der Waals surface area contributed by atoms with Gasteiger partial charge in [-0.1, -0.05) is 153 Å². The number of carboxylic acids is 1. The number of ketones is 1. The first-order chi connectivity index (χ1) is 64.2. The molecule has 3 aliphatic carbocycles. The van der Waals surface area contributed by atoms with Crippen LogP contribution in [0.25, 0.3) is 10.9 Å². The molecule has 1 aromatic heterocycles. The van der Waals surface area contributed by atoms with Crippen LogP contribution in [-0.2, 0) is 115 Å². The van der Waals surface area contributed by atoms with Crippen LogP contribution in [-0.4, -0.2) is 240 Å². The number of phenols is 1. The van der Waals surface area contributed by atoms with E-state index in [4.69, 9.17) is 38.9 Å². The van der Waals surface area contributed by atoms with E-state index in [1.165, 1.54) is 62.4 Å². The first kappa shape index (κ1) is 103. The van der Waals surface area contributed by atoms with Crippen molar-refractivity contribution in [2.45, 2.75) is 228 Å². The summed E-state index contributed by atoms with van der Waals surface area (Å²) in [6.45, 7) is 8.99. The Morgan fingerprint density at radius 2 is 1.14 bits per heavy atom. The second-order valence-corrected chi connectivity index (χ2v) is 35.7. The van der Waals surface area contributed by atoms with Crippen molar-refractivity contribution in [2.75, 3.05) is 24.7 Å². The number of esters is 5. The molecule has 0 spiro atoms. The highest BCUT2D eigenvalue weighted by molar-refractivity contribution is 7.80. The van der Waals surface area contributed by atoms with Gasteiger partial charge in [0, 0.05) is 116 Å². The van der Waals surface area contributed by atoms with Crippen LogP contribution in [0.3, 0.4) is 0 Å². The number of carbonyl (C=O) groups excluding carboxylic acids is 13. The number of aliphatic hydroxyl groups excluding tert-OH is 3. The third-order valence-corrected chi connectivity index (χ3v) is 26.2. The molecule has 0 radical (unpaired) electrons. The van der Waals surface area contributed by atoms with E-state index in [0.29, 0.717) is 27.6 Å². The molecule has 722 valence electrons. The van der Waals surface area contributed by atoms with E-state index in [0.717, 1.165) is 20.8 Å². The SMILES string of the molecule is CC(=O)O[C@H]1C(=O)[C@@]2(C)C([C@H](OC(O)c3ccccc3)C[C@]3(O)C[C@H](OC(=O)[C@H](OC(=O)CCCC(=O)O[C@@H](Cc4ccccc4)C(=O)N[C@@H](CS)C(=O)N[C@@H](Cc4ccc(O)cc4)C(=O)N[C@@H](Cc4c[nH]c5ccccc45)C(=O)N[C@@H](CCCN)C(=O)N[C@@H](CS)C(=O)N[C@H](C(=O)O)[C@@H](C)O)[C@H](NC(=O)c4ccccc4)c4ccccc4)C(C)=C1C3(C)C)[C@]1(OC(C)=O)CO[C@@H]1C[C@@H]2O. The average Bonchev–Trinajstić information content (AvgIpc) is 1.64. The summed E-state index contributed by atoms with van der Waals surface area (Å²) in [5.74, 6) is -17.1. The van der Waals surface area contributed by atoms with Crippen LogP contribution in [0.1, 0.15) is 150 Å². The molecule has 4 aliphatic rings. The van der Waals surface area contributed by atoms with E-state index < -0.39 is 246 Å². The van der Waals surface area contributed by atoms with Crippen molar-refractivity contribution in [3.05, 3.63) is 221 Å². The molecule has 1 aliphatic heterocycles. The Hall–Kier alpha value is -12.4. The summed E-state index contributed by atoms with van der Waals surface area (Å²) in [5.41, 5.74) is 0.403. The van der Waals surface area contributed by atoms with Crippen molar-refractivity contribution in [1.29, 1.82) is 0 Å². The molecule has 38 heteroatoms. The number of H-pyrrole nitrogens is 1. The minimum absolute atomic E-state index is 0.0236. The Labute approximate surface area is 789 Å². The van der Waals surface area contributed by atoms with Crippen LogP contribution >= 0.6 is 25.3 Å². The summed E-state index contributed by atoms with van der Waals surface area (Å²) in [5, 5.41) is 87.4. The highest BCUT2D eigenvalue weighted by Crippen LogP contribution is 2.63. The summed E-state index contributed by atoms with van der Waals surface area (Å²) >= 11 is 8.62. The number of rotatable bonds is 42. The van der Waals surface area contributed by atoms with Crippen LogP contribution in [0.15, 0.2) is 187 Å². The molecule has 1 saturated heterocycles. The van der Waals surface area contributed by atoms with Crippen LogP contribution in [0.2, 0.25) is 0 Å². The minimum Gasteiger partial charge on any atom is -0.508 e. The number of nitrogens with one attached hydrogen (secondary N) is 8. The van der Waals surface area contributed by atoms with E-state index in [9.17, 15) is 83.4 Å². The van der Waals surface area contributed by atoms with Gasteiger partial charge in [0.25, 0.3) is 11.8 Å². The van der Waals surface area contributed by atoms with Gasteiger partial charge >= 0.3 is 35.8 Å². The molecule has 11 rings (SSSR count). The van der Waals surface area contributed by atoms with Crippen LogP contribution in [0.4, 0.5) is 0 Å². The van der Waals surface area contributed by atoms with Crippen LogP contribution in [0, 0.1) is 16.7 Å². The summed E-state index contributed by atoms with van der Waals surface area (Å²) in [6.07, 6.45) is -17.7. The highest BCUT2D eigenvalue weighted by atomic mass is 32.1. The zero-order valence-corrected chi connectivity index (χ0v) is 77.2. The summed E-state index contributed by atoms with van der Waals surface area (Å²) in [7, 11) is 0. The predicted octanol–water partition coefficient (Wildman–Crippen LogP) is 4.50. The summed E-state index contributed by atoms with van der Waals surface area (Å²) in [6, 6.07) is 33.4. The Kier molecular flexibility index (Phi) is 34.9. The number of benzene rings is 6. The number of aliphatic carboxylic acids is 1. The second kappa shape index (κ2) is 45.8. The number of hydrogen-bond acceptors (Lipinski definition) is 29. The molecule has 6 aromatic carbocycles. The van der Waals surface area contributed by atoms with Crippen molar-refractivity contribution in [1.82, 2.24) is 42.2 Å². The Bertz CT molecular complexity index is 5460. The zero-order chi connectivity index (χ0) is 98.0. The van der Waals surface area contributed by atoms with Crippen molar-refractivity contribution in [3.8, 4) is 5.75 Å². The normalized spacial score (nSPS) is 22.9. The number of ether oxygens (including phenoxy) is 7. The van der Waals surface area contributed by atoms with E-state index in [1.807, 2.05) is 0 Å². The quantitative estimate of drug-likeness (QED) is 0.00823. The molecule has 16 N–H and O–H groups in total. The molecule has 2 bridgehead atoms. The largest absolute Gasteiger partial charge is 0.508 e. The molecule has 135 heavy (non-hydrogen) atoms. The number of aromatic amines is 1. The lowest BCUT2D eigenvalue weighted by atomic mass is 9.52. The molecule has 3 fully saturated rings. The number of nitrogens with two attached hydrogens (primary N) is 1. The van der Waals surface area contributed by atoms with Crippen molar-refractivity contribution >= 4 is 119 Å². The number of para-hydroxylation sites is 1. The van der Waals surface area contributed by atoms with E-state index in [2.05, 4.69) is 67.5 Å². The van der Waals surface area contributed by atoms with Gasteiger partial charge in [-0.25, -0.2) is 9.59 Å². The van der Waals surface area contributed by atoms with Gasteiger partial charge in [0.1, 0.15) is 54.2 Å². The van der Waals surface area contributed by atoms with Gasteiger partial charge in [-0.15, -0.1) is 0 Å². The van der Waals surface area contributed by atoms with Crippen molar-refractivity contribution in [3.63, 3.8) is 0 Å². The number of aromatic hydroxyl groups is 1. The monoisotopic (exact) mass is 1900 g/mol. The number of hydrogen-bond donors (Lipinski definition) is 17. The highest BCUT2D eigenvalue weighted by Gasteiger charge is 2.75. The molecule has 7 amide bonds. The topological polar surface area (TPSA) is 551 Å². The number of aliphatic hydroxyl groups is 4. The van der Waals surface area contributed by atoms with Crippen LogP contribution in [0.5, 0.6) is 5.75 Å². The molecule has 2 unspecified atom stereocenters. The zero-order valence-electron chi connectivity index (χ0n) is 75.4. The lowest BCUT2D eigenvalue weighted by Gasteiger charge is -2.63. The second-order valence-electron chi connectivity index (χ2n) is 35.0. The van der Waals surface area contributed by atoms with Crippen LogP contribution < -0.4 is 43.0 Å². The molecular weight excluding hydrogens is 1790 g/mol. The lowest BCUT2D eigenvalue weighted by Crippen LogP contribution is -2.77. The Morgan fingerprint density at radius 3 is 1.72 bits per heavy atom. The van der Waals surface area contributed by atoms with Gasteiger partial charge in [0.05, 0.1) is 35.9 Å². The fraction of sp³-hybridized carbons (Fsp3) is 0.443. The number of thiol groups is 2. The first-order valence-electron chi connectivity index (χ1n) is 44.3. The molecule has 20 atom stereocenters. The molecule has 2 heterocycles. The van der Waals surface area contributed by atoms with E-state index in [-0.39, 0.29) is 91.0 Å². The molecule has 2 saturated carbocycles. The standard InChI is InChI=1S/C97H115N9O27S2/c1-52-71(46-96(126)47-72(131-92(124)60-30-18-11-19-31-60)82-95(7,73(111)45-74-97(82,51-127-74)133-55(4)109)83(114)80(128-54(3)108)77(52)94(96,5)6)130-93(125)81(79(58-26-14-9-15-27-58)106-84(115)59-28-16-10-17-29-59)132-76(113)36-22-35-75(112)129-70(43-56-24-12-8-13-25-56)90(121)104-68(49-134)88(119)101-66(42-57-37-39-62(110)40-38-57)86(117)102-67(44-61-48-99-64-33-21-20-32-63(61)64)87(118)100-65(34-23-41-98)85(116)103-69(50-135)89(120)105-78(53(2)107)91(122)123/h8-21,24-33,37-40,48,53,65-74,78-82,92,99,107,110-111,124,126,134-135H,22-23,34-36,41-47,49-51,98H2,1-7H3,(H,100,118)(H,101,119)(H,102,117)(H,103,116)(H,104,121)(H,105,120)(H,106,115)(H,122,123)/t53-,65+,66+,67+,68+,69+,70+,71+,72-,73+,74-,78+,79-,80-,81-,82?,92?,95-,96-,97+/m1/s1. The fourth-order valence-corrected chi connectivity index (χ4v) is 18.7. The number of aromatic nitrogens is 1. The molecule has 7 aromatic rings. The number of Topliss-reactive ketones (excluding diaryl/α,β-unsaturated/α-hetero) is 1. The van der Waals surface area contributed by atoms with E-state index in [1.54, 1.807) is 141 Å². The maximum atomic E-state index is 16.3. The van der Waals surface area contributed by atoms with Gasteiger partial charge in [0.15, 0.2) is 35.9 Å². The third kappa shape index (κ3) is 24.7. The van der Waals surface area contributed by atoms with Gasteiger partial charge in [0.2, 0.25) is 35.6 Å². The average molecular weight is 1900 g/mol. The minimum atomic E-state index is -2.30. The number of fused-ring (bicyclic) bond motifs is 6. The van der Waals surface area contributed by atoms with Gasteiger partial charge in [-0.05, 0) is 110 Å². The van der Waals surface area contributed by atoms with Gasteiger partial charge in [-0.2, -0.15) is 25.3 Å². The van der Waals surface area contributed by atoms with Crippen molar-refractivity contribution < 1.29 is 131 Å². The van der Waals surface area contributed by atoms with E-state index >= 15 is 14.4 Å². The third-order valence-electron chi connectivity index (χ3n) is 25.4. The number of carbonyl (C=O) groups is 14. The lowest BCUT2D eigenvalue weighted by molar-refractivity contribution is -0.342. The smallest absolute Gasteiger partial charge is 0.350 e. The number of amides is 7. The predicted molar refractivity (Wildman–Crippen MR) is 491 cm³/mol.